The van der Waals surface area contributed by atoms with Crippen LogP contribution in [0.25, 0.3) is 0 Å². The van der Waals surface area contributed by atoms with E-state index in [2.05, 4.69) is 10.6 Å². The number of nitrogens with zero attached hydrogens (tertiary/aromatic N) is 1. The Morgan fingerprint density at radius 2 is 1.59 bits per heavy atom. The van der Waals surface area contributed by atoms with E-state index in [1.165, 1.54) is 0 Å². The van der Waals surface area contributed by atoms with E-state index in [0.717, 1.165) is 21.6 Å². The van der Waals surface area contributed by atoms with E-state index >= 15 is 0 Å². The summed E-state index contributed by atoms with van der Waals surface area (Å²) in [7, 11) is 0. The molecule has 2 aromatic carbocycles. The lowest BCUT2D eigenvalue weighted by Crippen LogP contribution is -2.42. The Balaban J connectivity index is 1.75. The zero-order valence-electron chi connectivity index (χ0n) is 15.9. The zero-order valence-corrected chi connectivity index (χ0v) is 15.9. The number of carbonyl (C=O) groups excluding carboxylic acids is 3. The summed E-state index contributed by atoms with van der Waals surface area (Å²) < 4.78 is 0. The summed E-state index contributed by atoms with van der Waals surface area (Å²) in [5.41, 5.74) is 3.25. The van der Waals surface area contributed by atoms with Gasteiger partial charge >= 0.3 is 6.03 Å². The fourth-order valence-electron chi connectivity index (χ4n) is 3.31. The molecule has 1 heterocycles. The molecule has 0 aromatic heterocycles. The van der Waals surface area contributed by atoms with Crippen LogP contribution in [-0.4, -0.2) is 29.3 Å². The van der Waals surface area contributed by atoms with Crippen LogP contribution in [0.5, 0.6) is 0 Å². The summed E-state index contributed by atoms with van der Waals surface area (Å²) in [6, 6.07) is 12.5. The first kappa shape index (κ1) is 18.6. The van der Waals surface area contributed by atoms with Crippen LogP contribution >= 0.6 is 0 Å². The highest BCUT2D eigenvalue weighted by Crippen LogP contribution is 2.29. The van der Waals surface area contributed by atoms with Crippen molar-refractivity contribution >= 4 is 23.5 Å². The second-order valence-corrected chi connectivity index (χ2v) is 7.24. The molecule has 1 saturated heterocycles. The summed E-state index contributed by atoms with van der Waals surface area (Å²) >= 11 is 0. The Bertz CT molecular complexity index is 901. The van der Waals surface area contributed by atoms with Gasteiger partial charge in [0.15, 0.2) is 0 Å². The molecule has 1 fully saturated rings. The van der Waals surface area contributed by atoms with Crippen molar-refractivity contribution in [2.45, 2.75) is 33.2 Å². The second-order valence-electron chi connectivity index (χ2n) is 7.24. The van der Waals surface area contributed by atoms with Crippen molar-refractivity contribution in [1.29, 1.82) is 0 Å². The maximum absolute atomic E-state index is 12.9. The van der Waals surface area contributed by atoms with Gasteiger partial charge in [0, 0.05) is 5.69 Å². The number of hydrogen-bond donors (Lipinski definition) is 2. The van der Waals surface area contributed by atoms with Crippen LogP contribution in [0.1, 0.15) is 29.2 Å². The maximum atomic E-state index is 12.9. The van der Waals surface area contributed by atoms with Crippen molar-refractivity contribution in [3.8, 4) is 0 Å². The van der Waals surface area contributed by atoms with Crippen molar-refractivity contribution in [3.63, 3.8) is 0 Å². The first-order valence-corrected chi connectivity index (χ1v) is 8.78. The third-order valence-corrected chi connectivity index (χ3v) is 4.71. The Morgan fingerprint density at radius 1 is 1.00 bits per heavy atom. The fourth-order valence-corrected chi connectivity index (χ4v) is 3.31. The SMILES string of the molecule is Cc1ccc([C@]2(C)NC(=O)N(CC(=O)Nc3cc(C)cc(C)c3)C2=O)cc1. The van der Waals surface area contributed by atoms with E-state index in [4.69, 9.17) is 0 Å². The number of aryl methyl sites for hydroxylation is 3. The smallest absolute Gasteiger partial charge is 0.325 e. The Labute approximate surface area is 158 Å². The number of urea groups is 1. The van der Waals surface area contributed by atoms with E-state index < -0.39 is 23.4 Å². The number of nitrogens with one attached hydrogen (secondary N) is 2. The number of rotatable bonds is 4. The van der Waals surface area contributed by atoms with Crippen LogP contribution in [0.15, 0.2) is 42.5 Å². The highest BCUT2D eigenvalue weighted by Gasteiger charge is 2.49. The van der Waals surface area contributed by atoms with Gasteiger partial charge in [-0.05, 0) is 56.5 Å². The summed E-state index contributed by atoms with van der Waals surface area (Å²) in [6.07, 6.45) is 0. The summed E-state index contributed by atoms with van der Waals surface area (Å²) in [5, 5.41) is 5.46. The minimum atomic E-state index is -1.18. The number of amides is 4. The predicted molar refractivity (Wildman–Crippen MR) is 103 cm³/mol. The lowest BCUT2D eigenvalue weighted by molar-refractivity contribution is -0.133. The van der Waals surface area contributed by atoms with E-state index in [1.54, 1.807) is 6.92 Å². The summed E-state index contributed by atoms with van der Waals surface area (Å²) in [4.78, 5) is 38.6. The van der Waals surface area contributed by atoms with Gasteiger partial charge in [0.1, 0.15) is 12.1 Å². The monoisotopic (exact) mass is 365 g/mol. The van der Waals surface area contributed by atoms with E-state index in [1.807, 2.05) is 63.2 Å². The van der Waals surface area contributed by atoms with Crippen molar-refractivity contribution in [3.05, 3.63) is 64.7 Å². The molecule has 1 atom stereocenters. The molecule has 2 aromatic rings. The highest BCUT2D eigenvalue weighted by molar-refractivity contribution is 6.10. The van der Waals surface area contributed by atoms with Gasteiger partial charge in [0.05, 0.1) is 0 Å². The van der Waals surface area contributed by atoms with Gasteiger partial charge in [-0.1, -0.05) is 35.9 Å². The summed E-state index contributed by atoms with van der Waals surface area (Å²) in [5.74, 6) is -0.858. The van der Waals surface area contributed by atoms with Crippen LogP contribution < -0.4 is 10.6 Å². The minimum Gasteiger partial charge on any atom is -0.325 e. The first-order chi connectivity index (χ1) is 12.7. The van der Waals surface area contributed by atoms with Gasteiger partial charge in [-0.2, -0.15) is 0 Å². The van der Waals surface area contributed by atoms with Crippen molar-refractivity contribution < 1.29 is 14.4 Å². The van der Waals surface area contributed by atoms with Crippen LogP contribution in [0, 0.1) is 20.8 Å². The molecule has 0 unspecified atom stereocenters. The molecule has 0 saturated carbocycles. The van der Waals surface area contributed by atoms with E-state index in [0.29, 0.717) is 11.3 Å². The molecule has 27 heavy (non-hydrogen) atoms. The molecular formula is C21H23N3O3. The highest BCUT2D eigenvalue weighted by atomic mass is 16.2. The minimum absolute atomic E-state index is 0.334. The molecule has 6 nitrogen and oxygen atoms in total. The molecule has 0 aliphatic carbocycles. The molecular weight excluding hydrogens is 342 g/mol. The number of imide groups is 1. The molecule has 2 N–H and O–H groups in total. The maximum Gasteiger partial charge on any atom is 0.325 e. The normalized spacial score (nSPS) is 19.2. The van der Waals surface area contributed by atoms with E-state index in [9.17, 15) is 14.4 Å². The zero-order chi connectivity index (χ0) is 19.8. The van der Waals surface area contributed by atoms with Crippen LogP contribution in [0.4, 0.5) is 10.5 Å². The molecule has 0 spiro atoms. The second kappa shape index (κ2) is 6.87. The number of carbonyl (C=O) groups is 3. The van der Waals surface area contributed by atoms with E-state index in [-0.39, 0.29) is 6.54 Å². The number of hydrogen-bond acceptors (Lipinski definition) is 3. The van der Waals surface area contributed by atoms with Gasteiger partial charge in [0.25, 0.3) is 5.91 Å². The first-order valence-electron chi connectivity index (χ1n) is 8.78. The largest absolute Gasteiger partial charge is 0.325 e. The van der Waals surface area contributed by atoms with Crippen molar-refractivity contribution in [1.82, 2.24) is 10.2 Å². The predicted octanol–water partition coefficient (Wildman–Crippen LogP) is 3.02. The average molecular weight is 365 g/mol. The van der Waals surface area contributed by atoms with Gasteiger partial charge in [0.2, 0.25) is 5.91 Å². The third-order valence-electron chi connectivity index (χ3n) is 4.71. The molecule has 4 amide bonds. The van der Waals surface area contributed by atoms with Gasteiger partial charge in [-0.3, -0.25) is 14.5 Å². The summed E-state index contributed by atoms with van der Waals surface area (Å²) in [6.45, 7) is 7.14. The molecule has 0 radical (unpaired) electrons. The topological polar surface area (TPSA) is 78.5 Å². The lowest BCUT2D eigenvalue weighted by atomic mass is 9.91. The Hall–Kier alpha value is -3.15. The fraction of sp³-hybridized carbons (Fsp3) is 0.286. The third kappa shape index (κ3) is 3.69. The van der Waals surface area contributed by atoms with Crippen LogP contribution in [0.3, 0.4) is 0 Å². The molecule has 6 heteroatoms. The van der Waals surface area contributed by atoms with Gasteiger partial charge in [-0.25, -0.2) is 4.79 Å². The van der Waals surface area contributed by atoms with Crippen molar-refractivity contribution in [2.75, 3.05) is 11.9 Å². The molecule has 0 bridgehead atoms. The number of benzene rings is 2. The van der Waals surface area contributed by atoms with Crippen molar-refractivity contribution in [2.24, 2.45) is 0 Å². The molecule has 140 valence electrons. The number of anilines is 1. The standard InChI is InChI=1S/C21H23N3O3/c1-13-5-7-16(8-6-13)21(4)19(26)24(20(27)23-21)12-18(25)22-17-10-14(2)9-15(3)11-17/h5-11H,12H2,1-4H3,(H,22,25)(H,23,27)/t21-/m0/s1. The Kier molecular flexibility index (Phi) is 4.74. The average Bonchev–Trinajstić information content (AvgIpc) is 2.78. The lowest BCUT2D eigenvalue weighted by Gasteiger charge is -2.22. The molecule has 1 aliphatic heterocycles. The van der Waals surface area contributed by atoms with Gasteiger partial charge in [-0.15, -0.1) is 0 Å². The Morgan fingerprint density at radius 3 is 2.19 bits per heavy atom. The quantitative estimate of drug-likeness (QED) is 0.818. The van der Waals surface area contributed by atoms with Gasteiger partial charge < -0.3 is 10.6 Å². The molecule has 1 aliphatic rings. The molecule has 3 rings (SSSR count). The van der Waals surface area contributed by atoms with Crippen LogP contribution in [0.2, 0.25) is 0 Å². The van der Waals surface area contributed by atoms with Crippen LogP contribution in [-0.2, 0) is 15.1 Å².